The number of likely N-dealkylation sites (N-methyl/N-ethyl adjacent to an activating group) is 1. The lowest BCUT2D eigenvalue weighted by Crippen LogP contribution is -3.06. The van der Waals surface area contributed by atoms with Gasteiger partial charge in [-0.2, -0.15) is 0 Å². The standard InChI is InChI=1S/C28H36N2O6/c1-6-8-15-36-22-12-10-20(16-18(22)3)26(32)24-25(19-9-11-21(31)23(17-19)35-7-2)30(14-13-29(4)5)28(34)27(24)33/h9-12,16-17,25,31-32H,6-8,13-15H2,1-5H3/b26-24+. The molecular weight excluding hydrogens is 460 g/mol. The fraction of sp³-hybridized carbons (Fsp3) is 0.429. The second kappa shape index (κ2) is 11.9. The maximum absolute atomic E-state index is 13.7. The molecule has 0 spiro atoms. The number of nitrogens with one attached hydrogen (secondary N) is 1. The number of ketones is 1. The van der Waals surface area contributed by atoms with Gasteiger partial charge in [-0.15, -0.1) is 0 Å². The Labute approximate surface area is 212 Å². The predicted molar refractivity (Wildman–Crippen MR) is 135 cm³/mol. The van der Waals surface area contributed by atoms with Crippen molar-refractivity contribution < 1.29 is 34.2 Å². The summed E-state index contributed by atoms with van der Waals surface area (Å²) in [6.07, 6.45) is 1.94. The molecule has 194 valence electrons. The molecule has 2 aromatic carbocycles. The minimum Gasteiger partial charge on any atom is -0.872 e. The topological polar surface area (TPSA) is 104 Å². The van der Waals surface area contributed by atoms with E-state index in [0.717, 1.165) is 23.3 Å². The van der Waals surface area contributed by atoms with Crippen LogP contribution in [-0.2, 0) is 9.59 Å². The van der Waals surface area contributed by atoms with Crippen LogP contribution >= 0.6 is 0 Å². The zero-order valence-corrected chi connectivity index (χ0v) is 21.7. The van der Waals surface area contributed by atoms with Gasteiger partial charge in [0, 0.05) is 5.57 Å². The molecule has 1 amide bonds. The first kappa shape index (κ1) is 27.1. The molecule has 1 unspecified atom stereocenters. The van der Waals surface area contributed by atoms with E-state index in [0.29, 0.717) is 43.2 Å². The van der Waals surface area contributed by atoms with Crippen LogP contribution in [0.3, 0.4) is 0 Å². The number of quaternary nitrogens is 1. The van der Waals surface area contributed by atoms with Gasteiger partial charge < -0.3 is 29.5 Å². The van der Waals surface area contributed by atoms with Gasteiger partial charge in [-0.25, -0.2) is 0 Å². The second-order valence-electron chi connectivity index (χ2n) is 9.27. The molecule has 36 heavy (non-hydrogen) atoms. The highest BCUT2D eigenvalue weighted by atomic mass is 16.5. The third kappa shape index (κ3) is 5.82. The summed E-state index contributed by atoms with van der Waals surface area (Å²) in [5, 5.41) is 23.9. The number of hydrogen-bond acceptors (Lipinski definition) is 6. The van der Waals surface area contributed by atoms with E-state index in [1.54, 1.807) is 37.3 Å². The van der Waals surface area contributed by atoms with Crippen LogP contribution in [0, 0.1) is 6.92 Å². The van der Waals surface area contributed by atoms with E-state index in [2.05, 4.69) is 6.92 Å². The highest BCUT2D eigenvalue weighted by Gasteiger charge is 2.44. The maximum atomic E-state index is 13.7. The number of benzene rings is 2. The van der Waals surface area contributed by atoms with Crippen molar-refractivity contribution in [3.05, 3.63) is 58.7 Å². The fourth-order valence-corrected chi connectivity index (χ4v) is 4.20. The first-order valence-corrected chi connectivity index (χ1v) is 12.4. The van der Waals surface area contributed by atoms with Gasteiger partial charge in [-0.3, -0.25) is 9.59 Å². The number of aryl methyl sites for hydroxylation is 1. The maximum Gasteiger partial charge on any atom is 0.295 e. The number of carbonyl (C=O) groups excluding carboxylic acids is 2. The van der Waals surface area contributed by atoms with Crippen LogP contribution in [0.2, 0.25) is 0 Å². The summed E-state index contributed by atoms with van der Waals surface area (Å²) in [4.78, 5) is 28.8. The lowest BCUT2D eigenvalue weighted by Gasteiger charge is -2.28. The van der Waals surface area contributed by atoms with Crippen molar-refractivity contribution in [2.45, 2.75) is 39.7 Å². The second-order valence-corrected chi connectivity index (χ2v) is 9.27. The van der Waals surface area contributed by atoms with Crippen molar-refractivity contribution in [1.82, 2.24) is 4.90 Å². The van der Waals surface area contributed by atoms with Crippen LogP contribution in [0.4, 0.5) is 0 Å². The minimum atomic E-state index is -0.877. The van der Waals surface area contributed by atoms with Crippen molar-refractivity contribution in [3.8, 4) is 17.2 Å². The average Bonchev–Trinajstić information content (AvgIpc) is 3.09. The molecular formula is C28H36N2O6. The molecule has 3 rings (SSSR count). The largest absolute Gasteiger partial charge is 0.872 e. The van der Waals surface area contributed by atoms with Crippen LogP contribution in [0.5, 0.6) is 17.2 Å². The minimum absolute atomic E-state index is 0.0531. The van der Waals surface area contributed by atoms with Crippen molar-refractivity contribution in [3.63, 3.8) is 0 Å². The van der Waals surface area contributed by atoms with Crippen molar-refractivity contribution in [2.24, 2.45) is 0 Å². The molecule has 0 aliphatic carbocycles. The van der Waals surface area contributed by atoms with Crippen molar-refractivity contribution in [1.29, 1.82) is 0 Å². The number of rotatable bonds is 11. The first-order chi connectivity index (χ1) is 17.2. The highest BCUT2D eigenvalue weighted by molar-refractivity contribution is 6.46. The molecule has 1 aliphatic rings. The molecule has 2 N–H and O–H groups in total. The van der Waals surface area contributed by atoms with Gasteiger partial charge in [-0.1, -0.05) is 31.2 Å². The molecule has 0 bridgehead atoms. The lowest BCUT2D eigenvalue weighted by atomic mass is 9.94. The fourth-order valence-electron chi connectivity index (χ4n) is 4.20. The van der Waals surface area contributed by atoms with Gasteiger partial charge in [0.2, 0.25) is 5.78 Å². The van der Waals surface area contributed by atoms with Gasteiger partial charge in [0.15, 0.2) is 11.5 Å². The molecule has 0 aromatic heterocycles. The van der Waals surface area contributed by atoms with E-state index in [1.807, 2.05) is 21.0 Å². The molecule has 1 aliphatic heterocycles. The van der Waals surface area contributed by atoms with E-state index in [9.17, 15) is 19.8 Å². The molecule has 1 heterocycles. The summed E-state index contributed by atoms with van der Waals surface area (Å²) in [6, 6.07) is 8.85. The van der Waals surface area contributed by atoms with Crippen LogP contribution in [0.25, 0.3) is 5.76 Å². The normalized spacial score (nSPS) is 17.2. The van der Waals surface area contributed by atoms with Crippen LogP contribution in [-0.4, -0.2) is 62.1 Å². The number of carbonyl (C=O) groups is 2. The van der Waals surface area contributed by atoms with E-state index in [1.165, 1.54) is 11.0 Å². The van der Waals surface area contributed by atoms with Gasteiger partial charge in [-0.05, 0) is 61.2 Å². The summed E-state index contributed by atoms with van der Waals surface area (Å²) in [6.45, 7) is 7.53. The lowest BCUT2D eigenvalue weighted by molar-refractivity contribution is -0.857. The molecule has 8 nitrogen and oxygen atoms in total. The van der Waals surface area contributed by atoms with Crippen LogP contribution < -0.4 is 19.5 Å². The third-order valence-electron chi connectivity index (χ3n) is 6.17. The third-order valence-corrected chi connectivity index (χ3v) is 6.17. The van der Waals surface area contributed by atoms with Crippen LogP contribution in [0.1, 0.15) is 49.4 Å². The highest BCUT2D eigenvalue weighted by Crippen LogP contribution is 2.41. The summed E-state index contributed by atoms with van der Waals surface area (Å²) in [7, 11) is 3.90. The Bertz CT molecular complexity index is 1140. The molecule has 0 radical (unpaired) electrons. The van der Waals surface area contributed by atoms with Gasteiger partial charge >= 0.3 is 0 Å². The molecule has 8 heteroatoms. The zero-order chi connectivity index (χ0) is 26.4. The quantitative estimate of drug-likeness (QED) is 0.212. The monoisotopic (exact) mass is 496 g/mol. The number of ether oxygens (including phenoxy) is 2. The number of amides is 1. The number of likely N-dealkylation sites (tertiary alicyclic amines) is 1. The van der Waals surface area contributed by atoms with E-state index < -0.39 is 23.5 Å². The number of hydrogen-bond donors (Lipinski definition) is 2. The van der Waals surface area contributed by atoms with Crippen LogP contribution in [0.15, 0.2) is 42.0 Å². The number of unbranched alkanes of at least 4 members (excludes halogenated alkanes) is 1. The Morgan fingerprint density at radius 1 is 1.08 bits per heavy atom. The molecule has 1 atom stereocenters. The molecule has 1 fully saturated rings. The summed E-state index contributed by atoms with van der Waals surface area (Å²) in [5.41, 5.74) is 1.53. The Kier molecular flexibility index (Phi) is 8.98. The van der Waals surface area contributed by atoms with Crippen molar-refractivity contribution in [2.75, 3.05) is 40.4 Å². The zero-order valence-electron chi connectivity index (χ0n) is 21.7. The number of nitrogens with zero attached hydrogens (tertiary/aromatic N) is 1. The van der Waals surface area contributed by atoms with Gasteiger partial charge in [0.1, 0.15) is 5.75 Å². The number of Topliss-reactive ketones (excluding diaryl/α,β-unsaturated/α-hetero) is 1. The number of aromatic hydroxyl groups is 1. The Morgan fingerprint density at radius 3 is 2.47 bits per heavy atom. The van der Waals surface area contributed by atoms with E-state index in [4.69, 9.17) is 9.47 Å². The van der Waals surface area contributed by atoms with Gasteiger partial charge in [0.05, 0.1) is 46.4 Å². The molecule has 2 aromatic rings. The molecule has 1 saturated heterocycles. The Morgan fingerprint density at radius 2 is 1.83 bits per heavy atom. The Hall–Kier alpha value is -3.52. The average molecular weight is 497 g/mol. The predicted octanol–water partition coefficient (Wildman–Crippen LogP) is 1.65. The summed E-state index contributed by atoms with van der Waals surface area (Å²) >= 11 is 0. The number of phenolic OH excluding ortho intramolecular Hbond substituents is 1. The smallest absolute Gasteiger partial charge is 0.295 e. The number of phenols is 1. The summed E-state index contributed by atoms with van der Waals surface area (Å²) in [5.74, 6) is -1.13. The summed E-state index contributed by atoms with van der Waals surface area (Å²) < 4.78 is 11.3. The first-order valence-electron chi connectivity index (χ1n) is 12.4. The molecule has 0 saturated carbocycles. The van der Waals surface area contributed by atoms with E-state index >= 15 is 0 Å². The van der Waals surface area contributed by atoms with E-state index in [-0.39, 0.29) is 17.1 Å². The SMILES string of the molecule is CCCCOc1ccc(/C([O-])=C2\C(=O)C(=O)N(CC[NH+](C)C)C2c2ccc(O)c(OCC)c2)cc1C. The Balaban J connectivity index is 2.10. The van der Waals surface area contributed by atoms with Gasteiger partial charge in [0.25, 0.3) is 5.91 Å². The van der Waals surface area contributed by atoms with Crippen molar-refractivity contribution >= 4 is 17.4 Å².